The lowest BCUT2D eigenvalue weighted by Crippen LogP contribution is -2.14. The second-order valence-electron chi connectivity index (χ2n) is 3.27. The van der Waals surface area contributed by atoms with E-state index in [0.717, 1.165) is 0 Å². The van der Waals surface area contributed by atoms with E-state index in [9.17, 15) is 9.59 Å². The standard InChI is InChI=1S/C11H13BrN2O3/c12-7-11(16)14-8-1-3-9(4-2-8)17-6-5-10(13)15/h1-4H,5-7H2,(H2,13,15)(H,14,16). The minimum atomic E-state index is -0.397. The zero-order valence-corrected chi connectivity index (χ0v) is 10.7. The number of carbonyl (C=O) groups is 2. The molecular weight excluding hydrogens is 288 g/mol. The number of amides is 2. The zero-order chi connectivity index (χ0) is 12.7. The van der Waals surface area contributed by atoms with E-state index in [1.54, 1.807) is 24.3 Å². The summed E-state index contributed by atoms with van der Waals surface area (Å²) in [4.78, 5) is 21.6. The fourth-order valence-corrected chi connectivity index (χ4v) is 1.24. The Balaban J connectivity index is 2.44. The highest BCUT2D eigenvalue weighted by Crippen LogP contribution is 2.15. The second-order valence-corrected chi connectivity index (χ2v) is 3.83. The number of nitrogens with two attached hydrogens (primary N) is 1. The van der Waals surface area contributed by atoms with Crippen LogP contribution in [0.15, 0.2) is 24.3 Å². The van der Waals surface area contributed by atoms with Gasteiger partial charge in [-0.25, -0.2) is 0 Å². The first-order valence-electron chi connectivity index (χ1n) is 4.99. The molecule has 0 heterocycles. The average Bonchev–Trinajstić information content (AvgIpc) is 2.31. The molecule has 0 aliphatic heterocycles. The Bertz CT molecular complexity index is 392. The Hall–Kier alpha value is -1.56. The number of hydrogen-bond acceptors (Lipinski definition) is 3. The molecule has 0 radical (unpaired) electrons. The highest BCUT2D eigenvalue weighted by Gasteiger charge is 2.00. The molecule has 0 saturated heterocycles. The number of alkyl halides is 1. The molecule has 0 aliphatic rings. The van der Waals surface area contributed by atoms with Crippen LogP contribution in [0, 0.1) is 0 Å². The van der Waals surface area contributed by atoms with Crippen LogP contribution in [0.3, 0.4) is 0 Å². The van der Waals surface area contributed by atoms with Crippen molar-refractivity contribution in [1.29, 1.82) is 0 Å². The Kier molecular flexibility index (Phi) is 5.48. The first kappa shape index (κ1) is 13.5. The summed E-state index contributed by atoms with van der Waals surface area (Å²) in [5, 5.41) is 2.93. The Morgan fingerprint density at radius 3 is 2.47 bits per heavy atom. The summed E-state index contributed by atoms with van der Waals surface area (Å²) in [5.41, 5.74) is 5.67. The van der Waals surface area contributed by atoms with Crippen LogP contribution >= 0.6 is 15.9 Å². The number of benzene rings is 1. The summed E-state index contributed by atoms with van der Waals surface area (Å²) in [6, 6.07) is 6.87. The topological polar surface area (TPSA) is 81.4 Å². The molecule has 1 aromatic carbocycles. The largest absolute Gasteiger partial charge is 0.493 e. The number of ether oxygens (including phenoxy) is 1. The lowest BCUT2D eigenvalue weighted by atomic mass is 10.3. The van der Waals surface area contributed by atoms with Crippen LogP contribution in [0.2, 0.25) is 0 Å². The minimum absolute atomic E-state index is 0.118. The van der Waals surface area contributed by atoms with Crippen molar-refractivity contribution in [2.45, 2.75) is 6.42 Å². The van der Waals surface area contributed by atoms with Crippen LogP contribution in [0.1, 0.15) is 6.42 Å². The lowest BCUT2D eigenvalue weighted by Gasteiger charge is -2.06. The van der Waals surface area contributed by atoms with Crippen LogP contribution in [0.5, 0.6) is 5.75 Å². The van der Waals surface area contributed by atoms with Crippen molar-refractivity contribution in [2.75, 3.05) is 17.3 Å². The molecule has 92 valence electrons. The van der Waals surface area contributed by atoms with Gasteiger partial charge in [-0.2, -0.15) is 0 Å². The minimum Gasteiger partial charge on any atom is -0.493 e. The SMILES string of the molecule is NC(=O)CCOc1ccc(NC(=O)CBr)cc1. The van der Waals surface area contributed by atoms with Gasteiger partial charge in [0.05, 0.1) is 18.4 Å². The summed E-state index contributed by atoms with van der Waals surface area (Å²) in [5.74, 6) is 0.113. The normalized spacial score (nSPS) is 9.71. The third-order valence-corrected chi connectivity index (χ3v) is 2.39. The van der Waals surface area contributed by atoms with E-state index in [-0.39, 0.29) is 24.3 Å². The third-order valence-electron chi connectivity index (χ3n) is 1.88. The molecule has 0 bridgehead atoms. The van der Waals surface area contributed by atoms with E-state index in [2.05, 4.69) is 21.2 Å². The van der Waals surface area contributed by atoms with E-state index in [0.29, 0.717) is 11.4 Å². The second kappa shape index (κ2) is 6.90. The summed E-state index contributed by atoms with van der Waals surface area (Å²) in [6.07, 6.45) is 0.183. The van der Waals surface area contributed by atoms with Crippen molar-refractivity contribution in [1.82, 2.24) is 0 Å². The van der Waals surface area contributed by atoms with Gasteiger partial charge in [-0.15, -0.1) is 0 Å². The van der Waals surface area contributed by atoms with Crippen LogP contribution < -0.4 is 15.8 Å². The zero-order valence-electron chi connectivity index (χ0n) is 9.11. The molecule has 0 atom stereocenters. The average molecular weight is 301 g/mol. The van der Waals surface area contributed by atoms with Gasteiger partial charge in [-0.05, 0) is 24.3 Å². The van der Waals surface area contributed by atoms with Crippen molar-refractivity contribution in [3.63, 3.8) is 0 Å². The van der Waals surface area contributed by atoms with E-state index >= 15 is 0 Å². The summed E-state index contributed by atoms with van der Waals surface area (Å²) in [6.45, 7) is 0.252. The van der Waals surface area contributed by atoms with Gasteiger partial charge >= 0.3 is 0 Å². The van der Waals surface area contributed by atoms with Crippen LogP contribution in [-0.2, 0) is 9.59 Å². The predicted octanol–water partition coefficient (Wildman–Crippen LogP) is 1.27. The molecule has 17 heavy (non-hydrogen) atoms. The Labute approximate surface area is 107 Å². The first-order valence-corrected chi connectivity index (χ1v) is 6.11. The maximum absolute atomic E-state index is 11.1. The molecule has 2 amide bonds. The van der Waals surface area contributed by atoms with Crippen molar-refractivity contribution >= 4 is 33.4 Å². The molecule has 6 heteroatoms. The fourth-order valence-electron chi connectivity index (χ4n) is 1.10. The van der Waals surface area contributed by atoms with Gasteiger partial charge < -0.3 is 15.8 Å². The molecule has 5 nitrogen and oxygen atoms in total. The third kappa shape index (κ3) is 5.35. The monoisotopic (exact) mass is 300 g/mol. The number of halogens is 1. The van der Waals surface area contributed by atoms with Gasteiger partial charge in [0.25, 0.3) is 0 Å². The van der Waals surface area contributed by atoms with Crippen LogP contribution in [0.4, 0.5) is 5.69 Å². The number of primary amides is 1. The molecule has 0 spiro atoms. The number of rotatable bonds is 6. The summed E-state index contributed by atoms with van der Waals surface area (Å²) in [7, 11) is 0. The number of anilines is 1. The van der Waals surface area contributed by atoms with Crippen molar-refractivity contribution in [2.24, 2.45) is 5.73 Å². The molecule has 0 unspecified atom stereocenters. The number of carbonyl (C=O) groups excluding carboxylic acids is 2. The molecule has 0 aliphatic carbocycles. The Morgan fingerprint density at radius 1 is 1.29 bits per heavy atom. The van der Waals surface area contributed by atoms with E-state index < -0.39 is 5.91 Å². The van der Waals surface area contributed by atoms with Gasteiger partial charge in [-0.1, -0.05) is 15.9 Å². The van der Waals surface area contributed by atoms with Gasteiger partial charge in [0, 0.05) is 5.69 Å². The molecule has 1 aromatic rings. The van der Waals surface area contributed by atoms with Crippen molar-refractivity contribution < 1.29 is 14.3 Å². The van der Waals surface area contributed by atoms with Gasteiger partial charge in [0.15, 0.2) is 0 Å². The maximum atomic E-state index is 11.1. The number of hydrogen-bond donors (Lipinski definition) is 2. The predicted molar refractivity (Wildman–Crippen MR) is 68.2 cm³/mol. The van der Waals surface area contributed by atoms with Crippen LogP contribution in [-0.4, -0.2) is 23.8 Å². The molecule has 1 rings (SSSR count). The maximum Gasteiger partial charge on any atom is 0.235 e. The highest BCUT2D eigenvalue weighted by molar-refractivity contribution is 9.09. The summed E-state index contributed by atoms with van der Waals surface area (Å²) >= 11 is 3.05. The van der Waals surface area contributed by atoms with Crippen LogP contribution in [0.25, 0.3) is 0 Å². The van der Waals surface area contributed by atoms with Crippen molar-refractivity contribution in [3.05, 3.63) is 24.3 Å². The smallest absolute Gasteiger partial charge is 0.235 e. The van der Waals surface area contributed by atoms with Crippen molar-refractivity contribution in [3.8, 4) is 5.75 Å². The Morgan fingerprint density at radius 2 is 1.94 bits per heavy atom. The van der Waals surface area contributed by atoms with E-state index in [4.69, 9.17) is 10.5 Å². The molecule has 0 saturated carbocycles. The fraction of sp³-hybridized carbons (Fsp3) is 0.273. The molecule has 0 fully saturated rings. The molecule has 0 aromatic heterocycles. The van der Waals surface area contributed by atoms with Gasteiger partial charge in [-0.3, -0.25) is 9.59 Å². The summed E-state index contributed by atoms with van der Waals surface area (Å²) < 4.78 is 5.28. The van der Waals surface area contributed by atoms with Gasteiger partial charge in [0.1, 0.15) is 5.75 Å². The van der Waals surface area contributed by atoms with Gasteiger partial charge in [0.2, 0.25) is 11.8 Å². The van der Waals surface area contributed by atoms with E-state index in [1.807, 2.05) is 0 Å². The highest BCUT2D eigenvalue weighted by atomic mass is 79.9. The number of nitrogens with one attached hydrogen (secondary N) is 1. The lowest BCUT2D eigenvalue weighted by molar-refractivity contribution is -0.118. The van der Waals surface area contributed by atoms with E-state index in [1.165, 1.54) is 0 Å². The molecule has 3 N–H and O–H groups in total. The quantitative estimate of drug-likeness (QED) is 0.776. The molecular formula is C11H13BrN2O3. The first-order chi connectivity index (χ1) is 8.11.